The quantitative estimate of drug-likeness (QED) is 0.794. The minimum Gasteiger partial charge on any atom is -0.350 e. The number of carbonyl (C=O) groups is 1. The molecule has 0 aliphatic heterocycles. The molecule has 4 saturated carbocycles. The Morgan fingerprint density at radius 1 is 0.952 bits per heavy atom. The summed E-state index contributed by atoms with van der Waals surface area (Å²) < 4.78 is 62.4. The summed E-state index contributed by atoms with van der Waals surface area (Å²) in [7, 11) is 0. The van der Waals surface area contributed by atoms with Crippen molar-refractivity contribution in [2.75, 3.05) is 6.54 Å². The van der Waals surface area contributed by atoms with Crippen LogP contribution in [0.1, 0.15) is 38.5 Å². The van der Waals surface area contributed by atoms with E-state index in [9.17, 15) is 26.7 Å². The Kier molecular flexibility index (Phi) is 3.26. The Morgan fingerprint density at radius 3 is 1.76 bits per heavy atom. The van der Waals surface area contributed by atoms with E-state index in [2.05, 4.69) is 0 Å². The molecule has 4 aliphatic carbocycles. The fourth-order valence-corrected chi connectivity index (χ4v) is 5.01. The van der Waals surface area contributed by atoms with Gasteiger partial charge in [-0.15, -0.1) is 0 Å². The molecule has 0 radical (unpaired) electrons. The van der Waals surface area contributed by atoms with Gasteiger partial charge in [0, 0.05) is 6.54 Å². The van der Waals surface area contributed by atoms with Crippen LogP contribution < -0.4 is 5.32 Å². The van der Waals surface area contributed by atoms with Crippen LogP contribution in [0.5, 0.6) is 0 Å². The average molecular weight is 311 g/mol. The summed E-state index contributed by atoms with van der Waals surface area (Å²) in [5.74, 6) is -5.87. The molecule has 0 aromatic rings. The van der Waals surface area contributed by atoms with Gasteiger partial charge in [0.05, 0.1) is 0 Å². The van der Waals surface area contributed by atoms with Gasteiger partial charge in [0.2, 0.25) is 0 Å². The van der Waals surface area contributed by atoms with Crippen LogP contribution in [0.25, 0.3) is 0 Å². The fourth-order valence-electron chi connectivity index (χ4n) is 5.01. The van der Waals surface area contributed by atoms with E-state index in [1.165, 1.54) is 0 Å². The van der Waals surface area contributed by atoms with E-state index in [0.29, 0.717) is 17.8 Å². The van der Waals surface area contributed by atoms with E-state index in [-0.39, 0.29) is 12.0 Å². The minimum absolute atomic E-state index is 0.0546. The van der Waals surface area contributed by atoms with Crippen molar-refractivity contribution in [1.29, 1.82) is 0 Å². The maximum atomic E-state index is 12.9. The summed E-state index contributed by atoms with van der Waals surface area (Å²) in [5, 5.41) is 1.88. The van der Waals surface area contributed by atoms with E-state index in [0.717, 1.165) is 38.5 Å². The second kappa shape index (κ2) is 4.56. The Morgan fingerprint density at radius 2 is 1.38 bits per heavy atom. The molecule has 1 amide bonds. The number of amides is 1. The van der Waals surface area contributed by atoms with Gasteiger partial charge in [-0.2, -0.15) is 22.0 Å². The lowest BCUT2D eigenvalue weighted by atomic mass is 9.49. The number of rotatable bonds is 3. The highest BCUT2D eigenvalue weighted by Gasteiger charge is 2.63. The van der Waals surface area contributed by atoms with E-state index in [1.54, 1.807) is 0 Å². The fraction of sp³-hybridized carbons (Fsp3) is 0.929. The van der Waals surface area contributed by atoms with E-state index in [4.69, 9.17) is 0 Å². The Hall–Kier alpha value is -0.880. The SMILES string of the molecule is O=C(NCC12CC3CC(CC(C3)C1)C2)C(F)(F)C(F)(F)F. The average Bonchev–Trinajstić information content (AvgIpc) is 2.32. The minimum atomic E-state index is -5.83. The zero-order chi connectivity index (χ0) is 15.5. The topological polar surface area (TPSA) is 29.1 Å². The summed E-state index contributed by atoms with van der Waals surface area (Å²) in [6.07, 6.45) is 0.132. The molecule has 0 saturated heterocycles. The molecule has 7 heteroatoms. The third-order valence-electron chi connectivity index (χ3n) is 5.43. The molecule has 120 valence electrons. The van der Waals surface area contributed by atoms with Crippen molar-refractivity contribution in [3.63, 3.8) is 0 Å². The molecule has 21 heavy (non-hydrogen) atoms. The summed E-state index contributed by atoms with van der Waals surface area (Å²) in [6, 6.07) is 0. The number of halogens is 5. The van der Waals surface area contributed by atoms with Crippen molar-refractivity contribution in [2.45, 2.75) is 50.6 Å². The van der Waals surface area contributed by atoms with Gasteiger partial charge in [0.1, 0.15) is 0 Å². The molecule has 0 aromatic heterocycles. The summed E-state index contributed by atoms with van der Waals surface area (Å²) >= 11 is 0. The third-order valence-corrected chi connectivity index (χ3v) is 5.43. The van der Waals surface area contributed by atoms with Crippen LogP contribution >= 0.6 is 0 Å². The summed E-state index contributed by atoms with van der Waals surface area (Å²) in [5.41, 5.74) is -0.258. The van der Waals surface area contributed by atoms with Gasteiger partial charge < -0.3 is 5.32 Å². The monoisotopic (exact) mass is 311 g/mol. The second-order valence-electron chi connectivity index (χ2n) is 7.17. The van der Waals surface area contributed by atoms with Gasteiger partial charge in [-0.05, 0) is 61.7 Å². The number of nitrogens with one attached hydrogen (secondary N) is 1. The molecule has 0 atom stereocenters. The highest BCUT2D eigenvalue weighted by atomic mass is 19.4. The smallest absolute Gasteiger partial charge is 0.350 e. The first-order valence-electron chi connectivity index (χ1n) is 7.34. The molecule has 2 nitrogen and oxygen atoms in total. The van der Waals surface area contributed by atoms with Crippen molar-refractivity contribution in [2.24, 2.45) is 23.2 Å². The highest BCUT2D eigenvalue weighted by Crippen LogP contribution is 2.59. The molecule has 4 bridgehead atoms. The Labute approximate surface area is 119 Å². The lowest BCUT2D eigenvalue weighted by Gasteiger charge is -2.57. The molecule has 1 N–H and O–H groups in total. The normalized spacial score (nSPS) is 38.6. The second-order valence-corrected chi connectivity index (χ2v) is 7.17. The predicted octanol–water partition coefficient (Wildman–Crippen LogP) is 3.52. The first kappa shape index (κ1) is 15.0. The molecule has 4 rings (SSSR count). The standard InChI is InChI=1S/C14H18F5NO/c15-13(16,14(17,18)19)11(21)20-7-12-4-8-1-9(5-12)3-10(2-8)6-12/h8-10H,1-7H2,(H,20,21). The Balaban J connectivity index is 1.64. The van der Waals surface area contributed by atoms with Crippen molar-refractivity contribution < 1.29 is 26.7 Å². The van der Waals surface area contributed by atoms with Gasteiger partial charge >= 0.3 is 12.1 Å². The predicted molar refractivity (Wildman–Crippen MR) is 64.6 cm³/mol. The van der Waals surface area contributed by atoms with Crippen LogP contribution in [0.2, 0.25) is 0 Å². The van der Waals surface area contributed by atoms with Crippen molar-refractivity contribution >= 4 is 5.91 Å². The van der Waals surface area contributed by atoms with Crippen LogP contribution in [0.3, 0.4) is 0 Å². The molecule has 4 aliphatic rings. The van der Waals surface area contributed by atoms with E-state index < -0.39 is 18.0 Å². The lowest BCUT2D eigenvalue weighted by Crippen LogP contribution is -2.55. The van der Waals surface area contributed by atoms with Crippen molar-refractivity contribution in [1.82, 2.24) is 5.32 Å². The van der Waals surface area contributed by atoms with Gasteiger partial charge in [-0.3, -0.25) is 4.79 Å². The molecule has 0 heterocycles. The molecule has 0 unspecified atom stereocenters. The Bertz CT molecular complexity index is 410. The molecule has 0 aromatic carbocycles. The van der Waals surface area contributed by atoms with Crippen LogP contribution in [-0.4, -0.2) is 24.6 Å². The molecular weight excluding hydrogens is 293 g/mol. The maximum Gasteiger partial charge on any atom is 0.463 e. The third kappa shape index (κ3) is 2.52. The van der Waals surface area contributed by atoms with E-state index >= 15 is 0 Å². The first-order chi connectivity index (χ1) is 9.61. The first-order valence-corrected chi connectivity index (χ1v) is 7.34. The number of carbonyl (C=O) groups excluding carboxylic acids is 1. The highest BCUT2D eigenvalue weighted by molar-refractivity contribution is 5.84. The van der Waals surface area contributed by atoms with Crippen LogP contribution in [0.15, 0.2) is 0 Å². The molecule has 0 spiro atoms. The lowest BCUT2D eigenvalue weighted by molar-refractivity contribution is -0.270. The van der Waals surface area contributed by atoms with Crippen molar-refractivity contribution in [3.05, 3.63) is 0 Å². The van der Waals surface area contributed by atoms with Gasteiger partial charge in [0.15, 0.2) is 0 Å². The van der Waals surface area contributed by atoms with Crippen molar-refractivity contribution in [3.8, 4) is 0 Å². The van der Waals surface area contributed by atoms with E-state index in [1.807, 2.05) is 5.32 Å². The molecule has 4 fully saturated rings. The van der Waals surface area contributed by atoms with Crippen LogP contribution in [0, 0.1) is 23.2 Å². The van der Waals surface area contributed by atoms with Gasteiger partial charge in [-0.1, -0.05) is 0 Å². The number of hydrogen-bond donors (Lipinski definition) is 1. The van der Waals surface area contributed by atoms with Gasteiger partial charge in [-0.25, -0.2) is 0 Å². The summed E-state index contributed by atoms with van der Waals surface area (Å²) in [6.45, 7) is -0.0546. The van der Waals surface area contributed by atoms with Gasteiger partial charge in [0.25, 0.3) is 5.91 Å². The number of hydrogen-bond acceptors (Lipinski definition) is 1. The maximum absolute atomic E-state index is 12.9. The molecular formula is C14H18F5NO. The number of alkyl halides is 5. The largest absolute Gasteiger partial charge is 0.463 e. The van der Waals surface area contributed by atoms with Crippen LogP contribution in [0.4, 0.5) is 22.0 Å². The van der Waals surface area contributed by atoms with Crippen LogP contribution in [-0.2, 0) is 4.79 Å². The zero-order valence-electron chi connectivity index (χ0n) is 11.5. The zero-order valence-corrected chi connectivity index (χ0v) is 11.5. The summed E-state index contributed by atoms with van der Waals surface area (Å²) in [4.78, 5) is 11.2.